The first-order chi connectivity index (χ1) is 11.1. The fraction of sp³-hybridized carbons (Fsp3) is 0.647. The lowest BCUT2D eigenvalue weighted by Crippen LogP contribution is -2.39. The van der Waals surface area contributed by atoms with Crippen LogP contribution in [0.2, 0.25) is 0 Å². The zero-order valence-electron chi connectivity index (χ0n) is 13.9. The van der Waals surface area contributed by atoms with E-state index in [2.05, 4.69) is 0 Å². The molecule has 3 rings (SSSR count). The first-order valence-electron chi connectivity index (χ1n) is 8.50. The smallest absolute Gasteiger partial charge is 0.254 e. The quantitative estimate of drug-likeness (QED) is 0.886. The molecule has 1 aromatic heterocycles. The molecule has 134 valence electrons. The summed E-state index contributed by atoms with van der Waals surface area (Å²) < 4.78 is 0. The number of halogens is 1. The molecule has 0 unspecified atom stereocenters. The number of thiophene rings is 1. The van der Waals surface area contributed by atoms with Gasteiger partial charge in [0.25, 0.3) is 5.91 Å². The van der Waals surface area contributed by atoms with Gasteiger partial charge < -0.3 is 15.5 Å². The molecule has 1 saturated carbocycles. The van der Waals surface area contributed by atoms with Crippen molar-refractivity contribution in [2.75, 3.05) is 26.2 Å². The van der Waals surface area contributed by atoms with Crippen LogP contribution in [0, 0.1) is 5.92 Å². The number of hydrogen-bond donors (Lipinski definition) is 1. The predicted octanol–water partition coefficient (Wildman–Crippen LogP) is 2.36. The molecular weight excluding hydrogens is 346 g/mol. The van der Waals surface area contributed by atoms with Crippen molar-refractivity contribution in [1.29, 1.82) is 0 Å². The topological polar surface area (TPSA) is 66.6 Å². The molecule has 2 heterocycles. The Balaban J connectivity index is 0.00000208. The molecule has 1 aliphatic heterocycles. The Morgan fingerprint density at radius 3 is 2.54 bits per heavy atom. The van der Waals surface area contributed by atoms with E-state index in [-0.39, 0.29) is 30.3 Å². The molecule has 1 aromatic rings. The van der Waals surface area contributed by atoms with Crippen LogP contribution in [0.15, 0.2) is 16.8 Å². The predicted molar refractivity (Wildman–Crippen MR) is 98.6 cm³/mol. The third-order valence-electron chi connectivity index (χ3n) is 5.06. The van der Waals surface area contributed by atoms with E-state index in [1.165, 1.54) is 11.3 Å². The third kappa shape index (κ3) is 4.49. The van der Waals surface area contributed by atoms with Crippen molar-refractivity contribution in [2.45, 2.75) is 38.1 Å². The van der Waals surface area contributed by atoms with E-state index in [1.54, 1.807) is 0 Å². The van der Waals surface area contributed by atoms with Crippen molar-refractivity contribution in [3.63, 3.8) is 0 Å². The van der Waals surface area contributed by atoms with Crippen LogP contribution in [-0.4, -0.2) is 53.8 Å². The van der Waals surface area contributed by atoms with Gasteiger partial charge in [-0.25, -0.2) is 0 Å². The molecule has 2 aliphatic rings. The number of nitrogens with zero attached hydrogens (tertiary/aromatic N) is 2. The number of carbonyl (C=O) groups is 2. The fourth-order valence-electron chi connectivity index (χ4n) is 3.61. The van der Waals surface area contributed by atoms with Crippen molar-refractivity contribution in [2.24, 2.45) is 11.7 Å². The second kappa shape index (κ2) is 8.83. The normalized spacial score (nSPS) is 24.4. The van der Waals surface area contributed by atoms with Crippen LogP contribution in [0.25, 0.3) is 0 Å². The molecule has 0 bridgehead atoms. The van der Waals surface area contributed by atoms with E-state index in [0.29, 0.717) is 25.4 Å². The molecule has 1 aliphatic carbocycles. The number of hydrogen-bond acceptors (Lipinski definition) is 4. The summed E-state index contributed by atoms with van der Waals surface area (Å²) in [4.78, 5) is 28.7. The molecule has 2 fully saturated rings. The first-order valence-corrected chi connectivity index (χ1v) is 9.44. The Morgan fingerprint density at radius 1 is 1.12 bits per heavy atom. The molecule has 5 nitrogen and oxygen atoms in total. The first kappa shape index (κ1) is 19.2. The van der Waals surface area contributed by atoms with Gasteiger partial charge in [-0.15, -0.1) is 12.4 Å². The highest BCUT2D eigenvalue weighted by atomic mass is 35.5. The lowest BCUT2D eigenvalue weighted by Gasteiger charge is -2.24. The average Bonchev–Trinajstić information content (AvgIpc) is 3.14. The van der Waals surface area contributed by atoms with Gasteiger partial charge >= 0.3 is 0 Å². The van der Waals surface area contributed by atoms with Gasteiger partial charge in [-0.3, -0.25) is 9.59 Å². The molecule has 7 heteroatoms. The maximum absolute atomic E-state index is 12.5. The van der Waals surface area contributed by atoms with E-state index in [9.17, 15) is 9.59 Å². The van der Waals surface area contributed by atoms with Crippen LogP contribution >= 0.6 is 23.7 Å². The highest BCUT2D eigenvalue weighted by Crippen LogP contribution is 2.27. The summed E-state index contributed by atoms with van der Waals surface area (Å²) in [5.41, 5.74) is 6.84. The molecular formula is C17H26ClN3O2S. The highest BCUT2D eigenvalue weighted by molar-refractivity contribution is 7.08. The monoisotopic (exact) mass is 371 g/mol. The standard InChI is InChI=1S/C17H25N3O2S.ClH/c18-15-4-1-3-13(15)11-16(21)19-6-2-7-20(9-8-19)17(22)14-5-10-23-12-14;/h5,10,12-13,15H,1-4,6-9,11,18H2;1H/t13-,15+;/m0./s1. The minimum atomic E-state index is 0. The van der Waals surface area contributed by atoms with Crippen LogP contribution in [0.5, 0.6) is 0 Å². The van der Waals surface area contributed by atoms with Gasteiger partial charge in [0.05, 0.1) is 5.56 Å². The molecule has 0 radical (unpaired) electrons. The average molecular weight is 372 g/mol. The zero-order valence-corrected chi connectivity index (χ0v) is 15.5. The Morgan fingerprint density at radius 2 is 1.88 bits per heavy atom. The lowest BCUT2D eigenvalue weighted by atomic mass is 9.99. The lowest BCUT2D eigenvalue weighted by molar-refractivity contribution is -0.132. The number of rotatable bonds is 3. The van der Waals surface area contributed by atoms with Crippen molar-refractivity contribution >= 4 is 35.6 Å². The summed E-state index contributed by atoms with van der Waals surface area (Å²) in [6.45, 7) is 2.73. The summed E-state index contributed by atoms with van der Waals surface area (Å²) in [6, 6.07) is 2.05. The molecule has 0 aromatic carbocycles. The van der Waals surface area contributed by atoms with E-state index < -0.39 is 0 Å². The maximum atomic E-state index is 12.5. The highest BCUT2D eigenvalue weighted by Gasteiger charge is 2.29. The second-order valence-corrected chi connectivity index (χ2v) is 7.38. The SMILES string of the molecule is Cl.N[C@@H]1CCC[C@H]1CC(=O)N1CCCN(C(=O)c2ccsc2)CC1. The largest absolute Gasteiger partial charge is 0.341 e. The third-order valence-corrected chi connectivity index (χ3v) is 5.74. The van der Waals surface area contributed by atoms with E-state index >= 15 is 0 Å². The van der Waals surface area contributed by atoms with Crippen LogP contribution in [0.1, 0.15) is 42.5 Å². The summed E-state index contributed by atoms with van der Waals surface area (Å²) in [7, 11) is 0. The molecule has 0 spiro atoms. The van der Waals surface area contributed by atoms with Crippen LogP contribution in [0.3, 0.4) is 0 Å². The van der Waals surface area contributed by atoms with Crippen molar-refractivity contribution < 1.29 is 9.59 Å². The molecule has 2 atom stereocenters. The van der Waals surface area contributed by atoms with Crippen molar-refractivity contribution in [3.8, 4) is 0 Å². The van der Waals surface area contributed by atoms with E-state index in [1.807, 2.05) is 26.6 Å². The van der Waals surface area contributed by atoms with Gasteiger partial charge in [-0.1, -0.05) is 6.42 Å². The summed E-state index contributed by atoms with van der Waals surface area (Å²) in [5, 5.41) is 3.81. The van der Waals surface area contributed by atoms with Crippen LogP contribution in [0.4, 0.5) is 0 Å². The second-order valence-electron chi connectivity index (χ2n) is 6.60. The Labute approximate surface area is 153 Å². The molecule has 24 heavy (non-hydrogen) atoms. The van der Waals surface area contributed by atoms with Crippen LogP contribution in [-0.2, 0) is 4.79 Å². The van der Waals surface area contributed by atoms with Gasteiger partial charge in [0.15, 0.2) is 0 Å². The zero-order chi connectivity index (χ0) is 16.2. The van der Waals surface area contributed by atoms with Gasteiger partial charge in [0.2, 0.25) is 5.91 Å². The minimum Gasteiger partial charge on any atom is -0.341 e. The Kier molecular flexibility index (Phi) is 7.07. The number of carbonyl (C=O) groups excluding carboxylic acids is 2. The van der Waals surface area contributed by atoms with Gasteiger partial charge in [0, 0.05) is 44.0 Å². The fourth-order valence-corrected chi connectivity index (χ4v) is 4.24. The van der Waals surface area contributed by atoms with Gasteiger partial charge in [0.1, 0.15) is 0 Å². The van der Waals surface area contributed by atoms with Gasteiger partial charge in [-0.05, 0) is 36.6 Å². The Bertz CT molecular complexity index is 552. The number of amides is 2. The number of nitrogens with two attached hydrogens (primary N) is 1. The van der Waals surface area contributed by atoms with E-state index in [4.69, 9.17) is 5.73 Å². The minimum absolute atomic E-state index is 0. The van der Waals surface area contributed by atoms with Crippen LogP contribution < -0.4 is 5.73 Å². The molecule has 2 amide bonds. The van der Waals surface area contributed by atoms with Crippen molar-refractivity contribution in [3.05, 3.63) is 22.4 Å². The van der Waals surface area contributed by atoms with Crippen molar-refractivity contribution in [1.82, 2.24) is 9.80 Å². The summed E-state index contributed by atoms with van der Waals surface area (Å²) in [6.07, 6.45) is 4.67. The Hall–Kier alpha value is -1.11. The molecule has 2 N–H and O–H groups in total. The van der Waals surface area contributed by atoms with Gasteiger partial charge in [-0.2, -0.15) is 11.3 Å². The summed E-state index contributed by atoms with van der Waals surface area (Å²) in [5.74, 6) is 0.629. The summed E-state index contributed by atoms with van der Waals surface area (Å²) >= 11 is 1.54. The maximum Gasteiger partial charge on any atom is 0.254 e. The molecule has 1 saturated heterocycles. The van der Waals surface area contributed by atoms with E-state index in [0.717, 1.165) is 44.3 Å².